The van der Waals surface area contributed by atoms with Gasteiger partial charge in [0.2, 0.25) is 17.7 Å². The van der Waals surface area contributed by atoms with E-state index in [2.05, 4.69) is 29.5 Å². The van der Waals surface area contributed by atoms with E-state index in [9.17, 15) is 19.2 Å². The van der Waals surface area contributed by atoms with E-state index >= 15 is 0 Å². The molecule has 4 aliphatic rings. The summed E-state index contributed by atoms with van der Waals surface area (Å²) in [5.41, 5.74) is -0.911. The number of nitrogens with one attached hydrogen (secondary N) is 2. The molecule has 2 aliphatic carbocycles. The molecule has 0 radical (unpaired) electrons. The highest BCUT2D eigenvalue weighted by atomic mass is 32.1. The summed E-state index contributed by atoms with van der Waals surface area (Å²) in [6.45, 7) is 14.2. The standard InChI is InChI=1S/C34H53N5O6S/c1-21(44-16-22-11-9-8-10-12-22)27(29(41)35-7)37-28(40)24-15-38(31(43)25-14-36-26(46-25)17-45-32(2,3)4)18-34(24)19-39(20-34)30(42)23-13-33(23,5)6/h14,21-24,27H,8-13,15-20H2,1-7H3,(H,35,41)(H,37,40)/t21-,23-,24+,27+/m1/s1. The number of carbonyl (C=O) groups excluding carboxylic acids is 4. The maximum Gasteiger partial charge on any atom is 0.265 e. The molecule has 3 heterocycles. The van der Waals surface area contributed by atoms with E-state index in [1.54, 1.807) is 18.1 Å². The van der Waals surface area contributed by atoms with Crippen LogP contribution in [0.4, 0.5) is 0 Å². The first kappa shape index (κ1) is 34.8. The minimum atomic E-state index is -0.875. The predicted molar refractivity (Wildman–Crippen MR) is 175 cm³/mol. The summed E-state index contributed by atoms with van der Waals surface area (Å²) in [5.74, 6) is -0.783. The molecule has 256 valence electrons. The Morgan fingerprint density at radius 3 is 2.33 bits per heavy atom. The molecule has 1 aromatic rings. The van der Waals surface area contributed by atoms with Crippen molar-refractivity contribution in [2.45, 2.75) is 104 Å². The zero-order valence-electron chi connectivity index (χ0n) is 28.6. The molecule has 1 spiro atoms. The van der Waals surface area contributed by atoms with E-state index in [0.29, 0.717) is 48.7 Å². The molecule has 4 atom stereocenters. The minimum Gasteiger partial charge on any atom is -0.376 e. The van der Waals surface area contributed by atoms with Crippen LogP contribution in [0.15, 0.2) is 6.20 Å². The van der Waals surface area contributed by atoms with Crippen LogP contribution in [0.2, 0.25) is 0 Å². The molecule has 2 saturated carbocycles. The van der Waals surface area contributed by atoms with Gasteiger partial charge in [-0.1, -0.05) is 33.1 Å². The van der Waals surface area contributed by atoms with Crippen molar-refractivity contribution in [1.29, 1.82) is 0 Å². The highest BCUT2D eigenvalue weighted by Crippen LogP contribution is 2.54. The molecule has 11 nitrogen and oxygen atoms in total. The Hall–Kier alpha value is -2.57. The normalized spacial score (nSPS) is 25.1. The van der Waals surface area contributed by atoms with Gasteiger partial charge in [0, 0.05) is 51.2 Å². The lowest BCUT2D eigenvalue weighted by molar-refractivity contribution is -0.152. The molecule has 12 heteroatoms. The van der Waals surface area contributed by atoms with Crippen molar-refractivity contribution in [3.05, 3.63) is 16.1 Å². The number of carbonyl (C=O) groups is 4. The summed E-state index contributed by atoms with van der Waals surface area (Å²) in [7, 11) is 1.55. The van der Waals surface area contributed by atoms with Crippen LogP contribution >= 0.6 is 11.3 Å². The van der Waals surface area contributed by atoms with Gasteiger partial charge in [0.15, 0.2) is 0 Å². The fourth-order valence-electron chi connectivity index (χ4n) is 7.24. The van der Waals surface area contributed by atoms with E-state index < -0.39 is 23.5 Å². The van der Waals surface area contributed by atoms with Crippen molar-refractivity contribution < 1.29 is 28.7 Å². The fraction of sp³-hybridized carbons (Fsp3) is 0.794. The zero-order chi connectivity index (χ0) is 33.4. The van der Waals surface area contributed by atoms with Crippen molar-refractivity contribution in [3.8, 4) is 0 Å². The number of ether oxygens (including phenoxy) is 2. The van der Waals surface area contributed by atoms with Gasteiger partial charge in [-0.05, 0) is 58.3 Å². The number of thiazole rings is 1. The SMILES string of the molecule is CNC(=O)[C@@H](NC(=O)[C@@H]1CN(C(=O)c2cnc(COC(C)(C)C)s2)CC12CN(C(=O)[C@H]1CC1(C)C)C2)[C@@H](C)OCC1CCCCC1. The first-order valence-electron chi connectivity index (χ1n) is 16.9. The van der Waals surface area contributed by atoms with E-state index in [4.69, 9.17) is 9.47 Å². The van der Waals surface area contributed by atoms with E-state index in [1.165, 1.54) is 30.6 Å². The molecule has 0 unspecified atom stereocenters. The van der Waals surface area contributed by atoms with Crippen LogP contribution in [0.5, 0.6) is 0 Å². The average molecular weight is 660 g/mol. The molecule has 5 rings (SSSR count). The number of hydrogen-bond acceptors (Lipinski definition) is 8. The third kappa shape index (κ3) is 7.76. The number of hydrogen-bond donors (Lipinski definition) is 2. The largest absolute Gasteiger partial charge is 0.376 e. The second-order valence-electron chi connectivity index (χ2n) is 15.7. The molecule has 46 heavy (non-hydrogen) atoms. The smallest absolute Gasteiger partial charge is 0.265 e. The summed E-state index contributed by atoms with van der Waals surface area (Å²) < 4.78 is 12.0. The van der Waals surface area contributed by atoms with Crippen LogP contribution in [0.25, 0.3) is 0 Å². The molecule has 2 saturated heterocycles. The van der Waals surface area contributed by atoms with Gasteiger partial charge in [-0.2, -0.15) is 0 Å². The number of likely N-dealkylation sites (N-methyl/N-ethyl adjacent to an activating group) is 1. The summed E-state index contributed by atoms with van der Waals surface area (Å²) in [4.78, 5) is 62.6. The van der Waals surface area contributed by atoms with E-state index in [-0.39, 0.29) is 47.1 Å². The zero-order valence-corrected chi connectivity index (χ0v) is 29.5. The predicted octanol–water partition coefficient (Wildman–Crippen LogP) is 3.62. The Bertz CT molecular complexity index is 1290. The summed E-state index contributed by atoms with van der Waals surface area (Å²) in [6, 6.07) is -0.875. The van der Waals surface area contributed by atoms with Crippen LogP contribution in [0.1, 0.15) is 94.7 Å². The Balaban J connectivity index is 1.29. The van der Waals surface area contributed by atoms with E-state index in [1.807, 2.05) is 32.6 Å². The lowest BCUT2D eigenvalue weighted by Crippen LogP contribution is -2.65. The minimum absolute atomic E-state index is 0.00184. The van der Waals surface area contributed by atoms with Crippen LogP contribution in [-0.4, -0.2) is 96.0 Å². The van der Waals surface area contributed by atoms with Crippen molar-refractivity contribution in [3.63, 3.8) is 0 Å². The Kier molecular flexibility index (Phi) is 10.2. The van der Waals surface area contributed by atoms with Gasteiger partial charge in [0.1, 0.15) is 15.9 Å². The molecule has 4 amide bonds. The van der Waals surface area contributed by atoms with Gasteiger partial charge in [-0.15, -0.1) is 11.3 Å². The molecule has 0 bridgehead atoms. The highest BCUT2D eigenvalue weighted by molar-refractivity contribution is 7.13. The number of aromatic nitrogens is 1. The van der Waals surface area contributed by atoms with Crippen molar-refractivity contribution >= 4 is 35.0 Å². The van der Waals surface area contributed by atoms with Crippen LogP contribution in [0.3, 0.4) is 0 Å². The Morgan fingerprint density at radius 1 is 1.07 bits per heavy atom. The highest BCUT2D eigenvalue weighted by Gasteiger charge is 2.62. The Labute approximate surface area is 277 Å². The van der Waals surface area contributed by atoms with Gasteiger partial charge in [-0.3, -0.25) is 19.2 Å². The van der Waals surface area contributed by atoms with Crippen LogP contribution in [-0.2, 0) is 30.5 Å². The quantitative estimate of drug-likeness (QED) is 0.371. The van der Waals surface area contributed by atoms with Gasteiger partial charge >= 0.3 is 0 Å². The lowest BCUT2D eigenvalue weighted by atomic mass is 9.70. The van der Waals surface area contributed by atoms with E-state index in [0.717, 1.165) is 19.3 Å². The van der Waals surface area contributed by atoms with Crippen molar-refractivity contribution in [2.24, 2.45) is 28.6 Å². The third-order valence-electron chi connectivity index (χ3n) is 10.4. The fourth-order valence-corrected chi connectivity index (χ4v) is 8.04. The first-order valence-corrected chi connectivity index (χ1v) is 17.7. The van der Waals surface area contributed by atoms with Crippen LogP contribution < -0.4 is 10.6 Å². The van der Waals surface area contributed by atoms with Gasteiger partial charge < -0.3 is 29.9 Å². The van der Waals surface area contributed by atoms with Crippen molar-refractivity contribution in [2.75, 3.05) is 39.8 Å². The molecular weight excluding hydrogens is 606 g/mol. The third-order valence-corrected chi connectivity index (χ3v) is 11.4. The number of rotatable bonds is 11. The maximum atomic E-state index is 14.1. The number of likely N-dealkylation sites (tertiary alicyclic amines) is 2. The monoisotopic (exact) mass is 659 g/mol. The molecule has 4 fully saturated rings. The molecular formula is C34H53N5O6S. The molecule has 2 aliphatic heterocycles. The number of nitrogens with zero attached hydrogens (tertiary/aromatic N) is 3. The van der Waals surface area contributed by atoms with Gasteiger partial charge in [-0.25, -0.2) is 4.98 Å². The molecule has 2 N–H and O–H groups in total. The van der Waals surface area contributed by atoms with Crippen LogP contribution in [0, 0.1) is 28.6 Å². The summed E-state index contributed by atoms with van der Waals surface area (Å²) >= 11 is 1.30. The lowest BCUT2D eigenvalue weighted by Gasteiger charge is -2.50. The maximum absolute atomic E-state index is 14.1. The summed E-state index contributed by atoms with van der Waals surface area (Å²) in [6.07, 6.45) is 7.81. The molecule has 0 aromatic carbocycles. The molecule has 1 aromatic heterocycles. The second kappa shape index (κ2) is 13.5. The van der Waals surface area contributed by atoms with Gasteiger partial charge in [0.25, 0.3) is 5.91 Å². The Morgan fingerprint density at radius 2 is 1.72 bits per heavy atom. The number of amides is 4. The topological polar surface area (TPSA) is 130 Å². The summed E-state index contributed by atoms with van der Waals surface area (Å²) in [5, 5.41) is 6.40. The van der Waals surface area contributed by atoms with Crippen molar-refractivity contribution in [1.82, 2.24) is 25.4 Å². The first-order chi connectivity index (χ1) is 21.6. The van der Waals surface area contributed by atoms with Gasteiger partial charge in [0.05, 0.1) is 30.4 Å². The average Bonchev–Trinajstić information content (AvgIpc) is 3.33. The second-order valence-corrected chi connectivity index (χ2v) is 16.8.